The van der Waals surface area contributed by atoms with Gasteiger partial charge < -0.3 is 14.4 Å². The molecule has 0 saturated carbocycles. The highest BCUT2D eigenvalue weighted by Gasteiger charge is 2.21. The molecule has 0 atom stereocenters. The third-order valence-corrected chi connectivity index (χ3v) is 3.75. The predicted octanol–water partition coefficient (Wildman–Crippen LogP) is 2.58. The number of carbonyl (C=O) groups is 1. The topological polar surface area (TPSA) is 51.7 Å². The molecule has 0 amide bonds. The summed E-state index contributed by atoms with van der Waals surface area (Å²) in [6.45, 7) is 4.94. The van der Waals surface area contributed by atoms with Gasteiger partial charge in [0.15, 0.2) is 0 Å². The molecule has 2 heterocycles. The highest BCUT2D eigenvalue weighted by molar-refractivity contribution is 5.95. The van der Waals surface area contributed by atoms with Gasteiger partial charge in [0.2, 0.25) is 0 Å². The van der Waals surface area contributed by atoms with Crippen molar-refractivity contribution in [2.75, 3.05) is 31.2 Å². The van der Waals surface area contributed by atoms with E-state index in [0.29, 0.717) is 24.6 Å². The molecule has 120 valence electrons. The Bertz CT molecular complexity index is 667. The van der Waals surface area contributed by atoms with Gasteiger partial charge in [-0.3, -0.25) is 0 Å². The fraction of sp³-hybridized carbons (Fsp3) is 0.333. The van der Waals surface area contributed by atoms with Gasteiger partial charge in [-0.2, -0.15) is 0 Å². The summed E-state index contributed by atoms with van der Waals surface area (Å²) in [6, 6.07) is 11.5. The third kappa shape index (κ3) is 3.87. The number of morpholine rings is 1. The minimum absolute atomic E-state index is 0.260. The second-order valence-electron chi connectivity index (χ2n) is 5.54. The molecule has 2 aromatic rings. The van der Waals surface area contributed by atoms with E-state index >= 15 is 0 Å². The highest BCUT2D eigenvalue weighted by atomic mass is 16.5. The Morgan fingerprint density at radius 1 is 1.26 bits per heavy atom. The summed E-state index contributed by atoms with van der Waals surface area (Å²) >= 11 is 0. The van der Waals surface area contributed by atoms with E-state index in [1.54, 1.807) is 6.20 Å². The zero-order valence-corrected chi connectivity index (χ0v) is 13.2. The van der Waals surface area contributed by atoms with Crippen molar-refractivity contribution < 1.29 is 14.3 Å². The lowest BCUT2D eigenvalue weighted by molar-refractivity contribution is 0.0472. The molecule has 0 radical (unpaired) electrons. The van der Waals surface area contributed by atoms with Gasteiger partial charge in [-0.25, -0.2) is 9.78 Å². The van der Waals surface area contributed by atoms with E-state index in [4.69, 9.17) is 9.47 Å². The molecule has 0 unspecified atom stereocenters. The van der Waals surface area contributed by atoms with Crippen LogP contribution in [0.2, 0.25) is 0 Å². The number of nitrogens with zero attached hydrogens (tertiary/aromatic N) is 2. The summed E-state index contributed by atoms with van der Waals surface area (Å²) in [5.74, 6) is 0.337. The van der Waals surface area contributed by atoms with Crippen LogP contribution in [-0.4, -0.2) is 37.3 Å². The van der Waals surface area contributed by atoms with Crippen molar-refractivity contribution in [1.82, 2.24) is 4.98 Å². The predicted molar refractivity (Wildman–Crippen MR) is 87.6 cm³/mol. The molecular weight excluding hydrogens is 292 g/mol. The van der Waals surface area contributed by atoms with E-state index < -0.39 is 0 Å². The Labute approximate surface area is 135 Å². The average molecular weight is 312 g/mol. The van der Waals surface area contributed by atoms with Crippen LogP contribution in [0.3, 0.4) is 0 Å². The molecule has 3 rings (SSSR count). The highest BCUT2D eigenvalue weighted by Crippen LogP contribution is 2.21. The first-order valence-corrected chi connectivity index (χ1v) is 7.74. The molecule has 23 heavy (non-hydrogen) atoms. The lowest BCUT2D eigenvalue weighted by Gasteiger charge is -2.29. The zero-order chi connectivity index (χ0) is 16.1. The average Bonchev–Trinajstić information content (AvgIpc) is 2.61. The summed E-state index contributed by atoms with van der Waals surface area (Å²) in [6.07, 6.45) is 1.78. The lowest BCUT2D eigenvalue weighted by Crippen LogP contribution is -2.37. The number of anilines is 1. The number of pyridine rings is 1. The second kappa shape index (κ2) is 7.24. The van der Waals surface area contributed by atoms with Crippen molar-refractivity contribution in [3.63, 3.8) is 0 Å². The summed E-state index contributed by atoms with van der Waals surface area (Å²) in [5, 5.41) is 0. The Kier molecular flexibility index (Phi) is 4.88. The van der Waals surface area contributed by atoms with Gasteiger partial charge >= 0.3 is 5.97 Å². The standard InChI is InChI=1S/C18H20N2O3/c1-14-11-16(17(19-12-14)20-7-9-22-10-8-20)18(21)23-13-15-5-3-2-4-6-15/h2-6,11-12H,7-10,13H2,1H3. The van der Waals surface area contributed by atoms with Crippen molar-refractivity contribution in [2.45, 2.75) is 13.5 Å². The van der Waals surface area contributed by atoms with Crippen molar-refractivity contribution >= 4 is 11.8 Å². The Balaban J connectivity index is 1.77. The smallest absolute Gasteiger partial charge is 0.342 e. The Morgan fingerprint density at radius 2 is 2.00 bits per heavy atom. The first-order chi connectivity index (χ1) is 11.2. The molecule has 0 spiro atoms. The second-order valence-corrected chi connectivity index (χ2v) is 5.54. The Morgan fingerprint density at radius 3 is 2.74 bits per heavy atom. The minimum atomic E-state index is -0.341. The SMILES string of the molecule is Cc1cnc(N2CCOCC2)c(C(=O)OCc2ccccc2)c1. The van der Waals surface area contributed by atoms with Gasteiger partial charge in [0.05, 0.1) is 13.2 Å². The van der Waals surface area contributed by atoms with Crippen LogP contribution in [-0.2, 0) is 16.1 Å². The van der Waals surface area contributed by atoms with Crippen LogP contribution in [0.1, 0.15) is 21.5 Å². The van der Waals surface area contributed by atoms with Crippen molar-refractivity contribution in [3.8, 4) is 0 Å². The number of hydrogen-bond acceptors (Lipinski definition) is 5. The summed E-state index contributed by atoms with van der Waals surface area (Å²) in [5.41, 5.74) is 2.42. The van der Waals surface area contributed by atoms with Crippen molar-refractivity contribution in [3.05, 3.63) is 59.3 Å². The van der Waals surface area contributed by atoms with Crippen LogP contribution >= 0.6 is 0 Å². The van der Waals surface area contributed by atoms with Crippen LogP contribution in [0.25, 0.3) is 0 Å². The molecule has 1 aliphatic rings. The van der Waals surface area contributed by atoms with Gasteiger partial charge in [-0.05, 0) is 24.1 Å². The summed E-state index contributed by atoms with van der Waals surface area (Å²) in [7, 11) is 0. The molecule has 1 aromatic heterocycles. The number of aryl methyl sites for hydroxylation is 1. The molecule has 0 N–H and O–H groups in total. The third-order valence-electron chi connectivity index (χ3n) is 3.75. The molecule has 1 aliphatic heterocycles. The Hall–Kier alpha value is -2.40. The van der Waals surface area contributed by atoms with Crippen molar-refractivity contribution in [1.29, 1.82) is 0 Å². The first-order valence-electron chi connectivity index (χ1n) is 7.74. The van der Waals surface area contributed by atoms with E-state index in [1.165, 1.54) is 0 Å². The fourth-order valence-corrected chi connectivity index (χ4v) is 2.54. The van der Waals surface area contributed by atoms with Crippen LogP contribution in [0.5, 0.6) is 0 Å². The van der Waals surface area contributed by atoms with Gasteiger partial charge in [0, 0.05) is 19.3 Å². The van der Waals surface area contributed by atoms with Crippen LogP contribution < -0.4 is 4.90 Å². The number of benzene rings is 1. The molecule has 0 bridgehead atoms. The fourth-order valence-electron chi connectivity index (χ4n) is 2.54. The van der Waals surface area contributed by atoms with Gasteiger partial charge in [0.1, 0.15) is 18.0 Å². The van der Waals surface area contributed by atoms with E-state index in [0.717, 1.165) is 24.2 Å². The summed E-state index contributed by atoms with van der Waals surface area (Å²) in [4.78, 5) is 19.0. The quantitative estimate of drug-likeness (QED) is 0.812. The van der Waals surface area contributed by atoms with Crippen LogP contribution in [0.15, 0.2) is 42.6 Å². The van der Waals surface area contributed by atoms with Gasteiger partial charge in [-0.15, -0.1) is 0 Å². The maximum absolute atomic E-state index is 12.5. The monoisotopic (exact) mass is 312 g/mol. The normalized spacial score (nSPS) is 14.6. The number of carbonyl (C=O) groups excluding carboxylic acids is 1. The van der Waals surface area contributed by atoms with Crippen LogP contribution in [0.4, 0.5) is 5.82 Å². The number of hydrogen-bond donors (Lipinski definition) is 0. The van der Waals surface area contributed by atoms with Gasteiger partial charge in [0.25, 0.3) is 0 Å². The minimum Gasteiger partial charge on any atom is -0.457 e. The van der Waals surface area contributed by atoms with Gasteiger partial charge in [-0.1, -0.05) is 30.3 Å². The van der Waals surface area contributed by atoms with E-state index in [1.807, 2.05) is 43.3 Å². The lowest BCUT2D eigenvalue weighted by atomic mass is 10.2. The zero-order valence-electron chi connectivity index (χ0n) is 13.2. The molecule has 0 aliphatic carbocycles. The number of ether oxygens (including phenoxy) is 2. The molecule has 5 nitrogen and oxygen atoms in total. The molecular formula is C18H20N2O3. The molecule has 1 aromatic carbocycles. The number of aromatic nitrogens is 1. The molecule has 1 fully saturated rings. The largest absolute Gasteiger partial charge is 0.457 e. The maximum Gasteiger partial charge on any atom is 0.342 e. The molecule has 5 heteroatoms. The number of rotatable bonds is 4. The first kappa shape index (κ1) is 15.5. The van der Waals surface area contributed by atoms with E-state index in [2.05, 4.69) is 9.88 Å². The summed E-state index contributed by atoms with van der Waals surface area (Å²) < 4.78 is 10.8. The van der Waals surface area contributed by atoms with Crippen LogP contribution in [0, 0.1) is 6.92 Å². The maximum atomic E-state index is 12.5. The van der Waals surface area contributed by atoms with E-state index in [-0.39, 0.29) is 12.6 Å². The van der Waals surface area contributed by atoms with E-state index in [9.17, 15) is 4.79 Å². The number of esters is 1. The molecule has 1 saturated heterocycles. The van der Waals surface area contributed by atoms with Crippen molar-refractivity contribution in [2.24, 2.45) is 0 Å².